The predicted octanol–water partition coefficient (Wildman–Crippen LogP) is -0.812. The summed E-state index contributed by atoms with van der Waals surface area (Å²) in [5, 5.41) is 21.9. The monoisotopic (exact) mass is 363 g/mol. The molecule has 0 radical (unpaired) electrons. The van der Waals surface area contributed by atoms with Crippen LogP contribution in [0.15, 0.2) is 17.1 Å². The van der Waals surface area contributed by atoms with E-state index >= 15 is 0 Å². The van der Waals surface area contributed by atoms with E-state index < -0.39 is 43.1 Å². The van der Waals surface area contributed by atoms with E-state index in [0.717, 1.165) is 4.57 Å². The summed E-state index contributed by atoms with van der Waals surface area (Å²) in [5.74, 6) is -0.00535. The van der Waals surface area contributed by atoms with Crippen molar-refractivity contribution in [3.63, 3.8) is 0 Å². The Morgan fingerprint density at radius 2 is 1.92 bits per heavy atom. The van der Waals surface area contributed by atoms with Crippen molar-refractivity contribution in [3.05, 3.63) is 22.7 Å². The van der Waals surface area contributed by atoms with Gasteiger partial charge in [-0.3, -0.25) is 9.13 Å². The lowest BCUT2D eigenvalue weighted by Crippen LogP contribution is -2.64. The molecule has 2 heterocycles. The number of nitrogens with two attached hydrogens (primary N) is 1. The lowest BCUT2D eigenvalue weighted by Gasteiger charge is -2.42. The van der Waals surface area contributed by atoms with E-state index in [4.69, 9.17) is 19.9 Å². The van der Waals surface area contributed by atoms with E-state index in [2.05, 4.69) is 4.98 Å². The maximum atomic E-state index is 12.2. The summed E-state index contributed by atoms with van der Waals surface area (Å²) in [6, 6.07) is 1.35. The van der Waals surface area contributed by atoms with Crippen molar-refractivity contribution < 1.29 is 28.9 Å². The van der Waals surface area contributed by atoms with Crippen molar-refractivity contribution in [1.82, 2.24) is 9.55 Å². The van der Waals surface area contributed by atoms with E-state index in [1.54, 1.807) is 0 Å². The molecule has 0 aromatic carbocycles. The van der Waals surface area contributed by atoms with Crippen LogP contribution >= 0.6 is 8.25 Å². The smallest absolute Gasteiger partial charge is 0.351 e. The van der Waals surface area contributed by atoms with Crippen LogP contribution < -0.4 is 11.4 Å². The van der Waals surface area contributed by atoms with Gasteiger partial charge in [-0.2, -0.15) is 4.98 Å². The molecule has 0 amide bonds. The van der Waals surface area contributed by atoms with Crippen LogP contribution in [-0.4, -0.2) is 48.1 Å². The zero-order valence-electron chi connectivity index (χ0n) is 13.8. The Labute approximate surface area is 138 Å². The second-order valence-corrected chi connectivity index (χ2v) is 7.34. The van der Waals surface area contributed by atoms with Crippen LogP contribution in [0.5, 0.6) is 0 Å². The fourth-order valence-electron chi connectivity index (χ4n) is 3.00. The summed E-state index contributed by atoms with van der Waals surface area (Å²) in [5.41, 5.74) is -2.56. The summed E-state index contributed by atoms with van der Waals surface area (Å²) in [4.78, 5) is 24.7. The Morgan fingerprint density at radius 3 is 2.42 bits per heavy atom. The van der Waals surface area contributed by atoms with Gasteiger partial charge in [0.05, 0.1) is 6.61 Å². The molecule has 1 saturated heterocycles. The van der Waals surface area contributed by atoms with Crippen molar-refractivity contribution in [2.75, 3.05) is 12.3 Å². The number of rotatable bonds is 4. The van der Waals surface area contributed by atoms with Gasteiger partial charge in [0.15, 0.2) is 5.72 Å². The van der Waals surface area contributed by atoms with Crippen molar-refractivity contribution in [2.24, 2.45) is 0 Å². The fourth-order valence-corrected chi connectivity index (χ4v) is 3.40. The second-order valence-electron chi connectivity index (χ2n) is 6.52. The van der Waals surface area contributed by atoms with E-state index in [-0.39, 0.29) is 5.82 Å². The molecule has 1 aliphatic heterocycles. The minimum atomic E-state index is -3.28. The summed E-state index contributed by atoms with van der Waals surface area (Å²) < 4.78 is 22.4. The molecular weight excluding hydrogens is 341 g/mol. The van der Waals surface area contributed by atoms with E-state index in [0.29, 0.717) is 0 Å². The maximum absolute atomic E-state index is 12.2. The lowest BCUT2D eigenvalue weighted by atomic mass is 9.73. The van der Waals surface area contributed by atoms with Gasteiger partial charge in [0.1, 0.15) is 22.6 Å². The Morgan fingerprint density at radius 1 is 1.33 bits per heavy atom. The van der Waals surface area contributed by atoms with Gasteiger partial charge in [-0.15, -0.1) is 0 Å². The van der Waals surface area contributed by atoms with E-state index in [9.17, 15) is 19.6 Å². The number of hydrogen-bond acceptors (Lipinski definition) is 8. The highest BCUT2D eigenvalue weighted by Crippen LogP contribution is 2.54. The van der Waals surface area contributed by atoms with Gasteiger partial charge in [0, 0.05) is 6.20 Å². The normalized spacial score (nSPS) is 40.6. The van der Waals surface area contributed by atoms with Crippen LogP contribution in [0.1, 0.15) is 27.7 Å². The summed E-state index contributed by atoms with van der Waals surface area (Å²) in [6.45, 7) is 4.92. The second kappa shape index (κ2) is 5.62. The fraction of sp³-hybridized carbons (Fsp3) is 0.692. The molecule has 136 valence electrons. The molecule has 11 heteroatoms. The highest BCUT2D eigenvalue weighted by atomic mass is 31.1. The van der Waals surface area contributed by atoms with Crippen LogP contribution in [0.4, 0.5) is 5.82 Å². The van der Waals surface area contributed by atoms with Crippen LogP contribution in [0.2, 0.25) is 0 Å². The van der Waals surface area contributed by atoms with Crippen molar-refractivity contribution in [2.45, 2.75) is 50.2 Å². The highest BCUT2D eigenvalue weighted by Gasteiger charge is 2.73. The topological polar surface area (TPSA) is 157 Å². The molecule has 10 nitrogen and oxygen atoms in total. The molecule has 5 N–H and O–H groups in total. The first-order valence-corrected chi connectivity index (χ1v) is 8.41. The number of nitrogens with zero attached hydrogens (tertiary/aromatic N) is 2. The molecule has 2 rings (SSSR count). The Hall–Kier alpha value is -1.29. The number of hydrogen-bond donors (Lipinski definition) is 4. The molecule has 5 atom stereocenters. The largest absolute Gasteiger partial charge is 0.384 e. The Balaban J connectivity index is 2.59. The Bertz CT molecular complexity index is 735. The van der Waals surface area contributed by atoms with E-state index in [1.807, 2.05) is 0 Å². The van der Waals surface area contributed by atoms with Crippen molar-refractivity contribution >= 4 is 14.1 Å². The number of ether oxygens (including phenoxy) is 1. The number of anilines is 1. The molecule has 24 heavy (non-hydrogen) atoms. The average molecular weight is 363 g/mol. The number of nitrogen functional groups attached to an aromatic ring is 1. The van der Waals surface area contributed by atoms with Crippen molar-refractivity contribution in [3.8, 4) is 0 Å². The van der Waals surface area contributed by atoms with E-state index in [1.165, 1.54) is 40.0 Å². The van der Waals surface area contributed by atoms with Gasteiger partial charge in [-0.25, -0.2) is 4.79 Å². The predicted molar refractivity (Wildman–Crippen MR) is 84.5 cm³/mol. The minimum Gasteiger partial charge on any atom is -0.384 e. The van der Waals surface area contributed by atoms with Crippen LogP contribution in [0, 0.1) is 0 Å². The van der Waals surface area contributed by atoms with Gasteiger partial charge in [-0.05, 0) is 33.8 Å². The third kappa shape index (κ3) is 2.50. The first kappa shape index (κ1) is 19.0. The first-order chi connectivity index (χ1) is 10.8. The molecule has 0 bridgehead atoms. The molecular formula is C13H22N3O7P. The summed E-state index contributed by atoms with van der Waals surface area (Å²) in [7, 11) is -3.28. The zero-order valence-corrected chi connectivity index (χ0v) is 14.8. The highest BCUT2D eigenvalue weighted by molar-refractivity contribution is 7.32. The van der Waals surface area contributed by atoms with Gasteiger partial charge >= 0.3 is 13.9 Å². The molecule has 1 fully saturated rings. The molecule has 1 aromatic heterocycles. The molecule has 0 saturated carbocycles. The summed E-state index contributed by atoms with van der Waals surface area (Å²) in [6.07, 6.45) is 1.29. The molecule has 2 unspecified atom stereocenters. The molecule has 1 aliphatic rings. The third-order valence-electron chi connectivity index (χ3n) is 5.06. The van der Waals surface area contributed by atoms with Crippen LogP contribution in [-0.2, 0) is 19.6 Å². The third-order valence-corrected chi connectivity index (χ3v) is 5.45. The summed E-state index contributed by atoms with van der Waals surface area (Å²) >= 11 is 0. The van der Waals surface area contributed by atoms with Crippen molar-refractivity contribution in [1.29, 1.82) is 0 Å². The zero-order chi connectivity index (χ0) is 18.6. The molecule has 0 aliphatic carbocycles. The minimum absolute atomic E-state index is 0.00535. The SMILES string of the molecule is CC1(O)[C@@](C)(CO[PH](=O)O)O[C@@](C)(n2ccc(N)nc2=O)[C@@]1(C)O. The maximum Gasteiger partial charge on any atom is 0.351 e. The molecule has 0 spiro atoms. The standard InChI is InChI=1S/C13H22N3O7P/c1-10(7-22-24(20)21)11(2,18)12(3,19)13(4,23-10)16-6-5-8(14)15-9(16)17/h5-6,18-19,24H,7H2,1-4H3,(H,20,21)(H2,14,15,17)/t10-,11?,12+,13-/m1/s1. The number of aromatic nitrogens is 2. The first-order valence-electron chi connectivity index (χ1n) is 7.15. The van der Waals surface area contributed by atoms with Gasteiger partial charge < -0.3 is 30.1 Å². The van der Waals surface area contributed by atoms with Crippen LogP contribution in [0.3, 0.4) is 0 Å². The number of aliphatic hydroxyl groups is 2. The Kier molecular flexibility index (Phi) is 4.46. The van der Waals surface area contributed by atoms with Gasteiger partial charge in [-0.1, -0.05) is 0 Å². The molecule has 1 aromatic rings. The average Bonchev–Trinajstić information content (AvgIpc) is 2.53. The van der Waals surface area contributed by atoms with Gasteiger partial charge in [0.2, 0.25) is 0 Å². The lowest BCUT2D eigenvalue weighted by molar-refractivity contribution is -0.195. The van der Waals surface area contributed by atoms with Gasteiger partial charge in [0.25, 0.3) is 0 Å². The quantitative estimate of drug-likeness (QED) is 0.502. The van der Waals surface area contributed by atoms with Crippen LogP contribution in [0.25, 0.3) is 0 Å².